The van der Waals surface area contributed by atoms with E-state index in [9.17, 15) is 4.79 Å². The highest BCUT2D eigenvalue weighted by Gasteiger charge is 2.10. The van der Waals surface area contributed by atoms with E-state index in [1.807, 2.05) is 13.1 Å². The average molecular weight is 218 g/mol. The van der Waals surface area contributed by atoms with Gasteiger partial charge in [0.2, 0.25) is 9.04 Å². The molecule has 3 nitrogen and oxygen atoms in total. The molecule has 0 aliphatic rings. The van der Waals surface area contributed by atoms with Crippen LogP contribution < -0.4 is 0 Å². The second-order valence-corrected chi connectivity index (χ2v) is 6.41. The lowest BCUT2D eigenvalue weighted by atomic mass is 10.5. The summed E-state index contributed by atoms with van der Waals surface area (Å²) in [4.78, 5) is 11.1. The van der Waals surface area contributed by atoms with E-state index in [4.69, 9.17) is 9.16 Å². The topological polar surface area (TPSA) is 35.5 Å². The van der Waals surface area contributed by atoms with Crippen LogP contribution in [0, 0.1) is 0 Å². The molecule has 5 heteroatoms. The predicted molar refractivity (Wildman–Crippen MR) is 59.4 cm³/mol. The minimum absolute atomic E-state index is 0.162. The van der Waals surface area contributed by atoms with E-state index >= 15 is 0 Å². The number of carbonyl (C=O) groups excluding carboxylic acids is 1. The van der Waals surface area contributed by atoms with Crippen molar-refractivity contribution >= 4 is 25.3 Å². The molecule has 0 amide bonds. The Morgan fingerprint density at radius 3 is 2.62 bits per heavy atom. The van der Waals surface area contributed by atoms with Gasteiger partial charge in [0.15, 0.2) is 5.76 Å². The highest BCUT2D eigenvalue weighted by Crippen LogP contribution is 2.01. The van der Waals surface area contributed by atoms with Crippen LogP contribution in [0.1, 0.15) is 6.42 Å². The van der Waals surface area contributed by atoms with Gasteiger partial charge in [-0.05, 0) is 19.5 Å². The molecule has 0 saturated heterocycles. The summed E-state index contributed by atoms with van der Waals surface area (Å²) in [5.41, 5.74) is 0. The van der Waals surface area contributed by atoms with Gasteiger partial charge in [0.25, 0.3) is 0 Å². The number of rotatable bonds is 6. The molecule has 0 rings (SSSR count). The van der Waals surface area contributed by atoms with Crippen molar-refractivity contribution in [2.75, 3.05) is 6.61 Å². The molecule has 0 aliphatic carbocycles. The molecule has 0 aliphatic heterocycles. The lowest BCUT2D eigenvalue weighted by Gasteiger charge is -2.10. The SMILES string of the molecule is C=C(O[SiH](C)C)C(=O)OCCC[SiH3]. The molecule has 0 aromatic rings. The highest BCUT2D eigenvalue weighted by atomic mass is 28.3. The van der Waals surface area contributed by atoms with Crippen LogP contribution in [0.15, 0.2) is 12.3 Å². The first kappa shape index (κ1) is 12.4. The van der Waals surface area contributed by atoms with Crippen molar-refractivity contribution in [2.24, 2.45) is 0 Å². The maximum Gasteiger partial charge on any atom is 0.371 e. The van der Waals surface area contributed by atoms with E-state index in [1.54, 1.807) is 0 Å². The molecular formula is C8H18O3Si2. The quantitative estimate of drug-likeness (QED) is 0.210. The maximum atomic E-state index is 11.1. The molecule has 0 heterocycles. The second-order valence-electron chi connectivity index (χ2n) is 3.08. The van der Waals surface area contributed by atoms with Crippen molar-refractivity contribution in [2.45, 2.75) is 25.6 Å². The van der Waals surface area contributed by atoms with E-state index in [0.29, 0.717) is 6.61 Å². The maximum absolute atomic E-state index is 11.1. The third-order valence-corrected chi connectivity index (χ3v) is 2.80. The Balaban J connectivity index is 3.64. The second kappa shape index (κ2) is 6.91. The largest absolute Gasteiger partial charge is 0.543 e. The summed E-state index contributed by atoms with van der Waals surface area (Å²) in [6.45, 7) is 7.98. The summed E-state index contributed by atoms with van der Waals surface area (Å²) in [5.74, 6) is -0.244. The summed E-state index contributed by atoms with van der Waals surface area (Å²) >= 11 is 0. The highest BCUT2D eigenvalue weighted by molar-refractivity contribution is 6.49. The number of esters is 1. The van der Waals surface area contributed by atoms with Crippen molar-refractivity contribution in [1.82, 2.24) is 0 Å². The van der Waals surface area contributed by atoms with Gasteiger partial charge in [0.1, 0.15) is 0 Å². The molecule has 0 saturated carbocycles. The van der Waals surface area contributed by atoms with Gasteiger partial charge in [0.05, 0.1) is 6.61 Å². The molecule has 0 N–H and O–H groups in total. The smallest absolute Gasteiger partial charge is 0.371 e. The van der Waals surface area contributed by atoms with E-state index in [2.05, 4.69) is 6.58 Å². The van der Waals surface area contributed by atoms with E-state index in [0.717, 1.165) is 22.7 Å². The first-order valence-corrected chi connectivity index (χ1v) is 8.80. The first-order valence-electron chi connectivity index (χ1n) is 4.60. The molecule has 0 unspecified atom stereocenters. The van der Waals surface area contributed by atoms with Gasteiger partial charge in [-0.2, -0.15) is 0 Å². The lowest BCUT2D eigenvalue weighted by molar-refractivity contribution is -0.141. The normalized spacial score (nSPS) is 10.1. The Bertz CT molecular complexity index is 180. The number of hydrogen-bond donors (Lipinski definition) is 0. The molecule has 0 fully saturated rings. The van der Waals surface area contributed by atoms with Gasteiger partial charge in [-0.15, -0.1) is 0 Å². The van der Waals surface area contributed by atoms with Gasteiger partial charge in [-0.3, -0.25) is 0 Å². The molecule has 76 valence electrons. The fourth-order valence-corrected chi connectivity index (χ4v) is 1.68. The summed E-state index contributed by atoms with van der Waals surface area (Å²) in [6, 6.07) is 1.15. The van der Waals surface area contributed by atoms with Crippen LogP contribution >= 0.6 is 0 Å². The van der Waals surface area contributed by atoms with Gasteiger partial charge >= 0.3 is 5.97 Å². The minimum Gasteiger partial charge on any atom is -0.543 e. The zero-order valence-electron chi connectivity index (χ0n) is 8.63. The summed E-state index contributed by atoms with van der Waals surface area (Å²) < 4.78 is 10.1. The van der Waals surface area contributed by atoms with Crippen LogP contribution in [0.4, 0.5) is 0 Å². The van der Waals surface area contributed by atoms with Crippen molar-refractivity contribution < 1.29 is 14.0 Å². The van der Waals surface area contributed by atoms with E-state index in [1.165, 1.54) is 0 Å². The Hall–Kier alpha value is -0.556. The van der Waals surface area contributed by atoms with Gasteiger partial charge < -0.3 is 9.16 Å². The summed E-state index contributed by atoms with van der Waals surface area (Å²) in [6.07, 6.45) is 0.949. The third-order valence-electron chi connectivity index (χ3n) is 1.34. The van der Waals surface area contributed by atoms with Crippen LogP contribution in [0.25, 0.3) is 0 Å². The van der Waals surface area contributed by atoms with Crippen molar-refractivity contribution in [3.63, 3.8) is 0 Å². The Morgan fingerprint density at radius 1 is 1.54 bits per heavy atom. The molecule has 0 radical (unpaired) electrons. The zero-order chi connectivity index (χ0) is 10.3. The van der Waals surface area contributed by atoms with Crippen LogP contribution in [-0.4, -0.2) is 31.9 Å². The lowest BCUT2D eigenvalue weighted by Crippen LogP contribution is -2.16. The number of carbonyl (C=O) groups is 1. The van der Waals surface area contributed by atoms with E-state index in [-0.39, 0.29) is 5.76 Å². The third kappa shape index (κ3) is 6.59. The standard InChI is InChI=1S/C8H18O3Si2/c1-7(11-13(2)3)8(9)10-5-4-6-12/h13H,1,4-6H2,2-3,12H3. The molecule has 0 aromatic carbocycles. The molecule has 0 atom stereocenters. The average Bonchev–Trinajstić information content (AvgIpc) is 2.03. The van der Waals surface area contributed by atoms with Crippen LogP contribution in [0.3, 0.4) is 0 Å². The molecule has 0 aromatic heterocycles. The first-order chi connectivity index (χ1) is 6.07. The van der Waals surface area contributed by atoms with Crippen LogP contribution in [0.5, 0.6) is 0 Å². The minimum atomic E-state index is -1.22. The van der Waals surface area contributed by atoms with Crippen molar-refractivity contribution in [3.05, 3.63) is 12.3 Å². The molecule has 0 spiro atoms. The number of hydrogen-bond acceptors (Lipinski definition) is 3. The fraction of sp³-hybridized carbons (Fsp3) is 0.625. The summed E-state index contributed by atoms with van der Waals surface area (Å²) in [5, 5.41) is 0. The fourth-order valence-electron chi connectivity index (χ4n) is 0.722. The van der Waals surface area contributed by atoms with Gasteiger partial charge in [-0.1, -0.05) is 12.6 Å². The number of ether oxygens (including phenoxy) is 1. The van der Waals surface area contributed by atoms with Gasteiger partial charge in [0, 0.05) is 10.2 Å². The Morgan fingerprint density at radius 2 is 2.15 bits per heavy atom. The van der Waals surface area contributed by atoms with Crippen LogP contribution in [-0.2, 0) is 14.0 Å². The molecule has 0 bridgehead atoms. The Kier molecular flexibility index (Phi) is 6.61. The molecule has 13 heavy (non-hydrogen) atoms. The van der Waals surface area contributed by atoms with Gasteiger partial charge in [-0.25, -0.2) is 4.79 Å². The zero-order valence-corrected chi connectivity index (χ0v) is 11.8. The predicted octanol–water partition coefficient (Wildman–Crippen LogP) is 0.217. The summed E-state index contributed by atoms with van der Waals surface area (Å²) in [7, 11) is -0.0639. The van der Waals surface area contributed by atoms with Crippen LogP contribution in [0.2, 0.25) is 19.1 Å². The molecular weight excluding hydrogens is 200 g/mol. The van der Waals surface area contributed by atoms with Crippen molar-refractivity contribution in [1.29, 1.82) is 0 Å². The van der Waals surface area contributed by atoms with E-state index < -0.39 is 15.0 Å². The monoisotopic (exact) mass is 218 g/mol. The van der Waals surface area contributed by atoms with Crippen molar-refractivity contribution in [3.8, 4) is 0 Å². The Labute approximate surface area is 84.3 Å².